The van der Waals surface area contributed by atoms with Crippen LogP contribution >= 0.6 is 0 Å². The molecule has 0 unspecified atom stereocenters. The third-order valence-corrected chi connectivity index (χ3v) is 9.72. The third kappa shape index (κ3) is 7.43. The van der Waals surface area contributed by atoms with Crippen LogP contribution in [0.3, 0.4) is 0 Å². The average molecular weight is 871 g/mol. The van der Waals surface area contributed by atoms with Crippen LogP contribution < -0.4 is 37.9 Å². The van der Waals surface area contributed by atoms with Gasteiger partial charge in [-0.3, -0.25) is 0 Å². The molecule has 64 heavy (non-hydrogen) atoms. The zero-order valence-electron chi connectivity index (χ0n) is 36.7. The van der Waals surface area contributed by atoms with E-state index in [1.807, 2.05) is 79.7 Å². The molecule has 9 heterocycles. The van der Waals surface area contributed by atoms with Crippen LogP contribution in [-0.4, -0.2) is 113 Å². The van der Waals surface area contributed by atoms with E-state index in [0.717, 1.165) is 0 Å². The van der Waals surface area contributed by atoms with Crippen molar-refractivity contribution in [1.29, 1.82) is 0 Å². The molecule has 0 fully saturated rings. The lowest BCUT2D eigenvalue weighted by molar-refractivity contribution is 0.269. The fourth-order valence-electron chi connectivity index (χ4n) is 7.30. The maximum absolute atomic E-state index is 5.96. The summed E-state index contributed by atoms with van der Waals surface area (Å²) in [5, 5.41) is 0. The summed E-state index contributed by atoms with van der Waals surface area (Å²) in [5.41, 5.74) is 7.60. The summed E-state index contributed by atoms with van der Waals surface area (Å²) >= 11 is 0. The monoisotopic (exact) mass is 870 g/mol. The van der Waals surface area contributed by atoms with Gasteiger partial charge in [-0.05, 0) is 79.7 Å². The van der Waals surface area contributed by atoms with Crippen molar-refractivity contribution in [2.75, 3.05) is 52.9 Å². The minimum absolute atomic E-state index is 0.226. The fourth-order valence-corrected chi connectivity index (χ4v) is 7.30. The molecule has 0 aromatic carbocycles. The van der Waals surface area contributed by atoms with E-state index in [0.29, 0.717) is 143 Å². The maximum atomic E-state index is 5.96. The molecular formula is C44H46N12O8. The Bertz CT molecular complexity index is 2700. The SMILES string of the molecule is CCOc1nc2c(nc1OCC)-c1cc3[nH]c(cc4nc(cc5[nH]c(cc-2n1)c1nc(OCC)c(OCC)nc51)-c1nc(OCC)c(OCC)nc1-4)c1nc(OCC)c(OCC)nc31. The van der Waals surface area contributed by atoms with Crippen LogP contribution in [0.4, 0.5) is 0 Å². The van der Waals surface area contributed by atoms with Gasteiger partial charge < -0.3 is 47.9 Å². The first-order valence-corrected chi connectivity index (χ1v) is 21.4. The molecule has 9 rings (SSSR count). The summed E-state index contributed by atoms with van der Waals surface area (Å²) in [4.78, 5) is 57.0. The highest BCUT2D eigenvalue weighted by atomic mass is 16.5. The molecule has 0 saturated carbocycles. The lowest BCUT2D eigenvalue weighted by atomic mass is 10.2. The molecule has 2 N–H and O–H groups in total. The van der Waals surface area contributed by atoms with Crippen molar-refractivity contribution in [2.45, 2.75) is 55.4 Å². The fraction of sp³-hybridized carbons (Fsp3) is 0.364. The topological polar surface area (TPSA) is 234 Å². The molecule has 0 saturated heterocycles. The summed E-state index contributed by atoms with van der Waals surface area (Å²) < 4.78 is 47.6. The third-order valence-electron chi connectivity index (χ3n) is 9.72. The Kier molecular flexibility index (Phi) is 11.5. The van der Waals surface area contributed by atoms with Crippen molar-refractivity contribution in [1.82, 2.24) is 59.8 Å². The molecule has 8 bridgehead atoms. The molecule has 0 aliphatic carbocycles. The van der Waals surface area contributed by atoms with Gasteiger partial charge in [0.1, 0.15) is 44.8 Å². The predicted octanol–water partition coefficient (Wildman–Crippen LogP) is 7.64. The standard InChI is InChI=1S/C44H46N12O8/c1-9-57-37-38(58-10-2)50-30-22-18-24-32-34(54-42(62-14-6)41(52-32)61-13-5)26(47-24)20-28-36-35(55-43(63-15-7)44(56-36)64-16-8)27(48-28)19-25-33-31(23(46-25)17-21(45-22)29(30)49-37)51-39(59-11-3)40(53-33)60-12-4/h17-20,45,48H,9-16H2,1-8H3. The number of hydrogen-bond donors (Lipinski definition) is 2. The average Bonchev–Trinajstić information content (AvgIpc) is 3.99. The Morgan fingerprint density at radius 3 is 0.656 bits per heavy atom. The van der Waals surface area contributed by atoms with Gasteiger partial charge in [-0.2, -0.15) is 0 Å². The highest BCUT2D eigenvalue weighted by Gasteiger charge is 2.29. The summed E-state index contributed by atoms with van der Waals surface area (Å²) in [6.45, 7) is 17.6. The number of nitrogens with zero attached hydrogens (tertiary/aromatic N) is 10. The van der Waals surface area contributed by atoms with E-state index < -0.39 is 0 Å². The zero-order chi connectivity index (χ0) is 44.5. The summed E-state index contributed by atoms with van der Waals surface area (Å²) in [6.07, 6.45) is 0. The first kappa shape index (κ1) is 41.7. The maximum Gasteiger partial charge on any atom is 0.278 e. The zero-order valence-corrected chi connectivity index (χ0v) is 36.7. The quantitative estimate of drug-likeness (QED) is 0.0949. The van der Waals surface area contributed by atoms with Gasteiger partial charge in [0.25, 0.3) is 47.0 Å². The molecule has 20 heteroatoms. The first-order chi connectivity index (χ1) is 31.3. The van der Waals surface area contributed by atoms with E-state index >= 15 is 0 Å². The van der Waals surface area contributed by atoms with Crippen LogP contribution in [-0.2, 0) is 0 Å². The van der Waals surface area contributed by atoms with Crippen LogP contribution in [0.15, 0.2) is 24.3 Å². The smallest absolute Gasteiger partial charge is 0.278 e. The second kappa shape index (κ2) is 17.6. The lowest BCUT2D eigenvalue weighted by Crippen LogP contribution is -2.04. The predicted molar refractivity (Wildman–Crippen MR) is 237 cm³/mol. The van der Waals surface area contributed by atoms with Gasteiger partial charge in [0.2, 0.25) is 0 Å². The van der Waals surface area contributed by atoms with E-state index in [4.69, 9.17) is 87.7 Å². The lowest BCUT2D eigenvalue weighted by Gasteiger charge is -2.10. The van der Waals surface area contributed by atoms with Gasteiger partial charge in [-0.1, -0.05) is 0 Å². The Labute approximate surface area is 366 Å². The van der Waals surface area contributed by atoms with Crippen molar-refractivity contribution in [2.24, 2.45) is 0 Å². The number of hydrogen-bond acceptors (Lipinski definition) is 18. The Hall–Kier alpha value is -7.64. The molecule has 0 spiro atoms. The van der Waals surface area contributed by atoms with Gasteiger partial charge in [0, 0.05) is 0 Å². The Balaban J connectivity index is 1.47. The van der Waals surface area contributed by atoms with Gasteiger partial charge in [0.15, 0.2) is 0 Å². The van der Waals surface area contributed by atoms with Crippen LogP contribution in [0.2, 0.25) is 0 Å². The molecule has 7 aromatic rings. The number of ether oxygens (including phenoxy) is 8. The number of fused-ring (bicyclic) bond motifs is 20. The highest BCUT2D eigenvalue weighted by molar-refractivity contribution is 6.06. The molecule has 7 aromatic heterocycles. The van der Waals surface area contributed by atoms with Crippen LogP contribution in [0.1, 0.15) is 55.4 Å². The molecule has 0 amide bonds. The van der Waals surface area contributed by atoms with Crippen LogP contribution in [0.5, 0.6) is 47.0 Å². The van der Waals surface area contributed by atoms with Crippen molar-refractivity contribution in [3.8, 4) is 92.6 Å². The largest absolute Gasteiger partial charge is 0.474 e. The van der Waals surface area contributed by atoms with Crippen LogP contribution in [0.25, 0.3) is 89.7 Å². The molecule has 0 radical (unpaired) electrons. The van der Waals surface area contributed by atoms with Crippen molar-refractivity contribution < 1.29 is 37.9 Å². The van der Waals surface area contributed by atoms with Gasteiger partial charge in [-0.25, -0.2) is 49.8 Å². The number of aromatic amines is 2. The second-order valence-electron chi connectivity index (χ2n) is 13.8. The molecule has 2 aliphatic rings. The van der Waals surface area contributed by atoms with Crippen LogP contribution in [0, 0.1) is 0 Å². The Morgan fingerprint density at radius 1 is 0.281 bits per heavy atom. The Morgan fingerprint density at radius 2 is 0.469 bits per heavy atom. The molecule has 330 valence electrons. The number of nitrogens with one attached hydrogen (secondary N) is 2. The number of aromatic nitrogens is 12. The van der Waals surface area contributed by atoms with Crippen molar-refractivity contribution in [3.63, 3.8) is 0 Å². The number of rotatable bonds is 16. The summed E-state index contributed by atoms with van der Waals surface area (Å²) in [7, 11) is 0. The molecule has 0 atom stereocenters. The molecule has 2 aliphatic heterocycles. The van der Waals surface area contributed by atoms with Gasteiger partial charge in [0.05, 0.1) is 97.7 Å². The van der Waals surface area contributed by atoms with E-state index in [1.165, 1.54) is 0 Å². The number of H-pyrrole nitrogens is 2. The summed E-state index contributed by atoms with van der Waals surface area (Å²) in [5.74, 6) is 1.83. The van der Waals surface area contributed by atoms with Gasteiger partial charge >= 0.3 is 0 Å². The molecule has 20 nitrogen and oxygen atoms in total. The van der Waals surface area contributed by atoms with E-state index in [1.54, 1.807) is 0 Å². The minimum Gasteiger partial charge on any atom is -0.474 e. The van der Waals surface area contributed by atoms with E-state index in [9.17, 15) is 0 Å². The minimum atomic E-state index is 0.226. The van der Waals surface area contributed by atoms with E-state index in [-0.39, 0.29) is 47.0 Å². The summed E-state index contributed by atoms with van der Waals surface area (Å²) in [6, 6.07) is 7.32. The van der Waals surface area contributed by atoms with Crippen molar-refractivity contribution in [3.05, 3.63) is 24.3 Å². The molecular weight excluding hydrogens is 825 g/mol. The normalized spacial score (nSPS) is 11.6. The van der Waals surface area contributed by atoms with Gasteiger partial charge in [-0.15, -0.1) is 0 Å². The highest BCUT2D eigenvalue weighted by Crippen LogP contribution is 2.42. The van der Waals surface area contributed by atoms with Crippen molar-refractivity contribution >= 4 is 44.1 Å². The van der Waals surface area contributed by atoms with E-state index in [2.05, 4.69) is 9.97 Å². The first-order valence-electron chi connectivity index (χ1n) is 21.4. The second-order valence-corrected chi connectivity index (χ2v) is 13.8.